The molecule has 0 spiro atoms. The van der Waals surface area contributed by atoms with Crippen molar-refractivity contribution in [3.8, 4) is 0 Å². The summed E-state index contributed by atoms with van der Waals surface area (Å²) in [5, 5.41) is 0. The van der Waals surface area contributed by atoms with Crippen molar-refractivity contribution in [1.82, 2.24) is 5.43 Å². The van der Waals surface area contributed by atoms with E-state index in [9.17, 15) is 8.78 Å². The summed E-state index contributed by atoms with van der Waals surface area (Å²) in [6.45, 7) is 0.597. The van der Waals surface area contributed by atoms with Crippen LogP contribution in [0.15, 0.2) is 16.6 Å². The summed E-state index contributed by atoms with van der Waals surface area (Å²) in [4.78, 5) is 0. The minimum Gasteiger partial charge on any atom is -0.376 e. The number of rotatable bonds is 3. The quantitative estimate of drug-likeness (QED) is 0.512. The summed E-state index contributed by atoms with van der Waals surface area (Å²) in [7, 11) is 0. The van der Waals surface area contributed by atoms with Crippen LogP contribution in [0.25, 0.3) is 0 Å². The highest BCUT2D eigenvalue weighted by Gasteiger charge is 2.31. The molecule has 1 aliphatic heterocycles. The second kappa shape index (κ2) is 5.39. The molecule has 1 aromatic rings. The summed E-state index contributed by atoms with van der Waals surface area (Å²) in [5.41, 5.74) is 2.37. The van der Waals surface area contributed by atoms with E-state index in [4.69, 9.17) is 10.6 Å². The molecule has 2 rings (SSSR count). The van der Waals surface area contributed by atoms with Crippen molar-refractivity contribution in [1.29, 1.82) is 0 Å². The summed E-state index contributed by atoms with van der Waals surface area (Å²) in [5.74, 6) is 4.14. The highest BCUT2D eigenvalue weighted by molar-refractivity contribution is 9.10. The number of hydrazine groups is 1. The van der Waals surface area contributed by atoms with Crippen LogP contribution in [0.3, 0.4) is 0 Å². The van der Waals surface area contributed by atoms with E-state index < -0.39 is 17.7 Å². The normalized spacial score (nSPS) is 21.8. The Bertz CT molecular complexity index is 411. The molecule has 1 aromatic carbocycles. The summed E-state index contributed by atoms with van der Waals surface area (Å²) in [6.07, 6.45) is 1.32. The van der Waals surface area contributed by atoms with E-state index in [0.29, 0.717) is 6.61 Å². The number of nitrogens with two attached hydrogens (primary N) is 1. The van der Waals surface area contributed by atoms with E-state index in [0.717, 1.165) is 12.8 Å². The Morgan fingerprint density at radius 2 is 2.24 bits per heavy atom. The average molecular weight is 307 g/mol. The maximum atomic E-state index is 13.9. The molecule has 0 amide bonds. The van der Waals surface area contributed by atoms with Crippen LogP contribution in [0.4, 0.5) is 8.78 Å². The minimum atomic E-state index is -0.671. The van der Waals surface area contributed by atoms with Crippen molar-refractivity contribution in [3.05, 3.63) is 33.8 Å². The van der Waals surface area contributed by atoms with E-state index in [1.165, 1.54) is 12.1 Å². The monoisotopic (exact) mass is 306 g/mol. The molecule has 0 bridgehead atoms. The zero-order chi connectivity index (χ0) is 12.4. The fourth-order valence-electron chi connectivity index (χ4n) is 2.07. The molecule has 0 radical (unpaired) electrons. The maximum Gasteiger partial charge on any atom is 0.145 e. The van der Waals surface area contributed by atoms with Crippen LogP contribution >= 0.6 is 15.9 Å². The van der Waals surface area contributed by atoms with Crippen molar-refractivity contribution in [2.75, 3.05) is 6.61 Å². The largest absolute Gasteiger partial charge is 0.376 e. The molecule has 0 aromatic heterocycles. The predicted molar refractivity (Wildman–Crippen MR) is 63.1 cm³/mol. The lowest BCUT2D eigenvalue weighted by molar-refractivity contribution is 0.0759. The van der Waals surface area contributed by atoms with Crippen LogP contribution in [0.1, 0.15) is 24.4 Å². The van der Waals surface area contributed by atoms with Gasteiger partial charge in [0.2, 0.25) is 0 Å². The van der Waals surface area contributed by atoms with Gasteiger partial charge in [-0.25, -0.2) is 8.78 Å². The average Bonchev–Trinajstić information content (AvgIpc) is 2.83. The SMILES string of the molecule is NNC(c1c(F)ccc(Br)c1F)C1CCCO1. The summed E-state index contributed by atoms with van der Waals surface area (Å²) >= 11 is 3.04. The third-order valence-corrected chi connectivity index (χ3v) is 3.52. The standard InChI is InChI=1S/C11H13BrF2N2O/c12-6-3-4-7(13)9(10(6)14)11(16-15)8-2-1-5-17-8/h3-4,8,11,16H,1-2,5,15H2. The molecular formula is C11H13BrF2N2O. The fourth-order valence-corrected chi connectivity index (χ4v) is 2.42. The number of ether oxygens (including phenoxy) is 1. The minimum absolute atomic E-state index is 0.0752. The van der Waals surface area contributed by atoms with Crippen LogP contribution in [-0.2, 0) is 4.74 Å². The van der Waals surface area contributed by atoms with Gasteiger partial charge in [0.1, 0.15) is 11.6 Å². The molecule has 6 heteroatoms. The first-order chi connectivity index (χ1) is 8.15. The molecule has 0 saturated carbocycles. The van der Waals surface area contributed by atoms with Crippen LogP contribution in [0.2, 0.25) is 0 Å². The van der Waals surface area contributed by atoms with Crippen molar-refractivity contribution >= 4 is 15.9 Å². The van der Waals surface area contributed by atoms with Gasteiger partial charge in [0.15, 0.2) is 0 Å². The molecule has 1 heterocycles. The van der Waals surface area contributed by atoms with Crippen molar-refractivity contribution in [3.63, 3.8) is 0 Å². The number of halogens is 3. The van der Waals surface area contributed by atoms with Gasteiger partial charge in [-0.3, -0.25) is 11.3 Å². The second-order valence-corrected chi connectivity index (χ2v) is 4.81. The Hall–Kier alpha value is -0.560. The predicted octanol–water partition coefficient (Wildman–Crippen LogP) is 2.41. The Morgan fingerprint density at radius 1 is 1.47 bits per heavy atom. The number of hydrogen-bond acceptors (Lipinski definition) is 3. The van der Waals surface area contributed by atoms with Gasteiger partial charge in [-0.05, 0) is 40.9 Å². The fraction of sp³-hybridized carbons (Fsp3) is 0.455. The number of hydrogen-bond donors (Lipinski definition) is 2. The molecule has 3 nitrogen and oxygen atoms in total. The second-order valence-electron chi connectivity index (χ2n) is 3.95. The number of benzene rings is 1. The van der Waals surface area contributed by atoms with Crippen LogP contribution in [-0.4, -0.2) is 12.7 Å². The smallest absolute Gasteiger partial charge is 0.145 e. The van der Waals surface area contributed by atoms with E-state index in [1.807, 2.05) is 0 Å². The van der Waals surface area contributed by atoms with Gasteiger partial charge in [0, 0.05) is 12.2 Å². The van der Waals surface area contributed by atoms with Crippen molar-refractivity contribution in [2.45, 2.75) is 25.0 Å². The zero-order valence-corrected chi connectivity index (χ0v) is 10.6. The first kappa shape index (κ1) is 12.9. The van der Waals surface area contributed by atoms with E-state index in [-0.39, 0.29) is 16.1 Å². The highest BCUT2D eigenvalue weighted by Crippen LogP contribution is 2.32. The molecule has 0 aliphatic carbocycles. The zero-order valence-electron chi connectivity index (χ0n) is 9.05. The third kappa shape index (κ3) is 2.49. The highest BCUT2D eigenvalue weighted by atomic mass is 79.9. The summed E-state index contributed by atoms with van der Waals surface area (Å²) in [6, 6.07) is 1.87. The van der Waals surface area contributed by atoms with Gasteiger partial charge >= 0.3 is 0 Å². The van der Waals surface area contributed by atoms with Gasteiger partial charge in [0.25, 0.3) is 0 Å². The number of nitrogens with one attached hydrogen (secondary N) is 1. The Morgan fingerprint density at radius 3 is 2.82 bits per heavy atom. The molecular weight excluding hydrogens is 294 g/mol. The third-order valence-electron chi connectivity index (χ3n) is 2.91. The van der Waals surface area contributed by atoms with E-state index in [2.05, 4.69) is 21.4 Å². The van der Waals surface area contributed by atoms with Crippen molar-refractivity contribution in [2.24, 2.45) is 5.84 Å². The van der Waals surface area contributed by atoms with E-state index in [1.54, 1.807) is 0 Å². The van der Waals surface area contributed by atoms with Gasteiger partial charge in [0.05, 0.1) is 16.6 Å². The maximum absolute atomic E-state index is 13.9. The first-order valence-corrected chi connectivity index (χ1v) is 6.15. The van der Waals surface area contributed by atoms with Gasteiger partial charge in [-0.1, -0.05) is 0 Å². The van der Waals surface area contributed by atoms with Crippen LogP contribution < -0.4 is 11.3 Å². The van der Waals surface area contributed by atoms with Crippen molar-refractivity contribution < 1.29 is 13.5 Å². The van der Waals surface area contributed by atoms with Gasteiger partial charge in [-0.15, -0.1) is 0 Å². The molecule has 2 atom stereocenters. The van der Waals surface area contributed by atoms with Gasteiger partial charge in [-0.2, -0.15) is 0 Å². The van der Waals surface area contributed by atoms with E-state index >= 15 is 0 Å². The molecule has 94 valence electrons. The topological polar surface area (TPSA) is 47.3 Å². The molecule has 17 heavy (non-hydrogen) atoms. The molecule has 1 fully saturated rings. The molecule has 1 saturated heterocycles. The van der Waals surface area contributed by atoms with Gasteiger partial charge < -0.3 is 4.74 Å². The lowest BCUT2D eigenvalue weighted by atomic mass is 9.99. The van der Waals surface area contributed by atoms with Crippen LogP contribution in [0, 0.1) is 11.6 Å². The molecule has 2 unspecified atom stereocenters. The Kier molecular flexibility index (Phi) is 4.09. The van der Waals surface area contributed by atoms with Crippen LogP contribution in [0.5, 0.6) is 0 Å². The lowest BCUT2D eigenvalue weighted by Crippen LogP contribution is -2.37. The Labute approximate surface area is 106 Å². The summed E-state index contributed by atoms with van der Waals surface area (Å²) < 4.78 is 33.3. The molecule has 1 aliphatic rings. The first-order valence-electron chi connectivity index (χ1n) is 5.36. The molecule has 3 N–H and O–H groups in total. The Balaban J connectivity index is 2.39. The lowest BCUT2D eigenvalue weighted by Gasteiger charge is -2.23.